The van der Waals surface area contributed by atoms with Crippen molar-refractivity contribution < 1.29 is 4.79 Å². The molecule has 0 bridgehead atoms. The fraction of sp³-hybridized carbons (Fsp3) is 0.188. The lowest BCUT2D eigenvalue weighted by atomic mass is 10.1. The molecule has 1 amide bonds. The first-order chi connectivity index (χ1) is 9.54. The summed E-state index contributed by atoms with van der Waals surface area (Å²) in [5, 5.41) is 0.597. The quantitative estimate of drug-likeness (QED) is 0.871. The molecule has 2 aromatic rings. The molecule has 0 heterocycles. The maximum atomic E-state index is 12.7. The van der Waals surface area contributed by atoms with Gasteiger partial charge in [0.25, 0.3) is 5.91 Å². The molecule has 0 saturated carbocycles. The molecule has 2 N–H and O–H groups in total. The van der Waals surface area contributed by atoms with E-state index in [1.54, 1.807) is 35.2 Å². The number of benzene rings is 2. The lowest BCUT2D eigenvalue weighted by molar-refractivity contribution is 0.0988. The standard InChI is InChI=1S/C16H17ClN2O/c1-3-19(13-7-4-6-12(18)10-13)16(20)14-8-5-9-15(17)11(14)2/h4-10H,3,18H2,1-2H3. The van der Waals surface area contributed by atoms with Crippen molar-refractivity contribution in [3.63, 3.8) is 0 Å². The molecule has 2 aromatic carbocycles. The molecule has 0 aromatic heterocycles. The fourth-order valence-corrected chi connectivity index (χ4v) is 2.30. The lowest BCUT2D eigenvalue weighted by Gasteiger charge is -2.22. The first kappa shape index (κ1) is 14.4. The van der Waals surface area contributed by atoms with Crippen LogP contribution in [0.25, 0.3) is 0 Å². The summed E-state index contributed by atoms with van der Waals surface area (Å²) in [5.74, 6) is -0.0712. The van der Waals surface area contributed by atoms with Crippen LogP contribution in [0.4, 0.5) is 11.4 Å². The summed E-state index contributed by atoms with van der Waals surface area (Å²) in [6, 6.07) is 12.7. The number of nitrogens with two attached hydrogens (primary N) is 1. The van der Waals surface area contributed by atoms with Gasteiger partial charge in [-0.1, -0.05) is 23.7 Å². The maximum Gasteiger partial charge on any atom is 0.258 e. The maximum absolute atomic E-state index is 12.7. The molecule has 104 valence electrons. The average Bonchev–Trinajstić information content (AvgIpc) is 2.42. The molecule has 0 aliphatic carbocycles. The van der Waals surface area contributed by atoms with E-state index >= 15 is 0 Å². The number of carbonyl (C=O) groups excluding carboxylic acids is 1. The fourth-order valence-electron chi connectivity index (χ4n) is 2.12. The first-order valence-electron chi connectivity index (χ1n) is 6.47. The van der Waals surface area contributed by atoms with E-state index in [1.807, 2.05) is 26.0 Å². The molecule has 3 nitrogen and oxygen atoms in total. The normalized spacial score (nSPS) is 10.3. The number of halogens is 1. The van der Waals surface area contributed by atoms with Crippen LogP contribution in [0.3, 0.4) is 0 Å². The summed E-state index contributed by atoms with van der Waals surface area (Å²) >= 11 is 6.09. The Morgan fingerprint density at radius 1 is 1.25 bits per heavy atom. The zero-order chi connectivity index (χ0) is 14.7. The molecule has 0 radical (unpaired) electrons. The highest BCUT2D eigenvalue weighted by Crippen LogP contribution is 2.24. The largest absolute Gasteiger partial charge is 0.399 e. The van der Waals surface area contributed by atoms with Crippen molar-refractivity contribution >= 4 is 28.9 Å². The summed E-state index contributed by atoms with van der Waals surface area (Å²) in [6.45, 7) is 4.35. The Kier molecular flexibility index (Phi) is 4.30. The Balaban J connectivity index is 2.42. The molecule has 0 aliphatic rings. The van der Waals surface area contributed by atoms with E-state index in [0.717, 1.165) is 11.3 Å². The summed E-state index contributed by atoms with van der Waals surface area (Å²) in [5.41, 5.74) is 8.62. The van der Waals surface area contributed by atoms with Gasteiger partial charge < -0.3 is 10.6 Å². The van der Waals surface area contributed by atoms with Crippen molar-refractivity contribution in [1.29, 1.82) is 0 Å². The van der Waals surface area contributed by atoms with Gasteiger partial charge in [0.1, 0.15) is 0 Å². The Hall–Kier alpha value is -2.00. The first-order valence-corrected chi connectivity index (χ1v) is 6.85. The number of rotatable bonds is 3. The van der Waals surface area contributed by atoms with Gasteiger partial charge in [0.05, 0.1) is 0 Å². The van der Waals surface area contributed by atoms with E-state index in [0.29, 0.717) is 22.8 Å². The number of hydrogen-bond donors (Lipinski definition) is 1. The molecule has 0 atom stereocenters. The van der Waals surface area contributed by atoms with Crippen LogP contribution < -0.4 is 10.6 Å². The topological polar surface area (TPSA) is 46.3 Å². The van der Waals surface area contributed by atoms with Crippen LogP contribution in [-0.4, -0.2) is 12.5 Å². The second-order valence-electron chi connectivity index (χ2n) is 4.56. The van der Waals surface area contributed by atoms with E-state index in [9.17, 15) is 4.79 Å². The average molecular weight is 289 g/mol. The zero-order valence-electron chi connectivity index (χ0n) is 11.6. The SMILES string of the molecule is CCN(C(=O)c1cccc(Cl)c1C)c1cccc(N)c1. The number of amides is 1. The second kappa shape index (κ2) is 5.97. The smallest absolute Gasteiger partial charge is 0.258 e. The van der Waals surface area contributed by atoms with E-state index in [1.165, 1.54) is 0 Å². The number of carbonyl (C=O) groups is 1. The van der Waals surface area contributed by atoms with Gasteiger partial charge in [-0.25, -0.2) is 0 Å². The minimum absolute atomic E-state index is 0.0712. The predicted octanol–water partition coefficient (Wildman–Crippen LogP) is 3.90. The van der Waals surface area contributed by atoms with Gasteiger partial charge in [0.15, 0.2) is 0 Å². The Labute approximate surface area is 124 Å². The number of nitrogen functional groups attached to an aromatic ring is 1. The highest BCUT2D eigenvalue weighted by molar-refractivity contribution is 6.32. The van der Waals surface area contributed by atoms with Crippen LogP contribution in [0.1, 0.15) is 22.8 Å². The number of hydrogen-bond acceptors (Lipinski definition) is 2. The van der Waals surface area contributed by atoms with E-state index < -0.39 is 0 Å². The summed E-state index contributed by atoms with van der Waals surface area (Å²) < 4.78 is 0. The highest BCUT2D eigenvalue weighted by atomic mass is 35.5. The Morgan fingerprint density at radius 3 is 2.60 bits per heavy atom. The molecule has 0 spiro atoms. The van der Waals surface area contributed by atoms with E-state index in [4.69, 9.17) is 17.3 Å². The van der Waals surface area contributed by atoms with Gasteiger partial charge in [-0.3, -0.25) is 4.79 Å². The van der Waals surface area contributed by atoms with Crippen LogP contribution in [0.15, 0.2) is 42.5 Å². The second-order valence-corrected chi connectivity index (χ2v) is 4.96. The number of nitrogens with zero attached hydrogens (tertiary/aromatic N) is 1. The monoisotopic (exact) mass is 288 g/mol. The van der Waals surface area contributed by atoms with Crippen molar-refractivity contribution in [2.75, 3.05) is 17.2 Å². The molecule has 0 aliphatic heterocycles. The third-order valence-electron chi connectivity index (χ3n) is 3.24. The van der Waals surface area contributed by atoms with Crippen LogP contribution in [0, 0.1) is 6.92 Å². The van der Waals surface area contributed by atoms with Crippen LogP contribution in [0.2, 0.25) is 5.02 Å². The van der Waals surface area contributed by atoms with E-state index in [2.05, 4.69) is 0 Å². The third-order valence-corrected chi connectivity index (χ3v) is 3.65. The zero-order valence-corrected chi connectivity index (χ0v) is 12.3. The minimum atomic E-state index is -0.0712. The Bertz CT molecular complexity index is 640. The molecule has 2 rings (SSSR count). The molecule has 20 heavy (non-hydrogen) atoms. The third kappa shape index (κ3) is 2.78. The lowest BCUT2D eigenvalue weighted by Crippen LogP contribution is -2.31. The minimum Gasteiger partial charge on any atom is -0.399 e. The molecular weight excluding hydrogens is 272 g/mol. The molecule has 0 fully saturated rings. The summed E-state index contributed by atoms with van der Waals surface area (Å²) in [7, 11) is 0. The van der Waals surface area contributed by atoms with Crippen LogP contribution >= 0.6 is 11.6 Å². The highest BCUT2D eigenvalue weighted by Gasteiger charge is 2.18. The molecule has 0 saturated heterocycles. The van der Waals surface area contributed by atoms with Gasteiger partial charge in [-0.15, -0.1) is 0 Å². The van der Waals surface area contributed by atoms with Crippen LogP contribution in [0.5, 0.6) is 0 Å². The predicted molar refractivity (Wildman–Crippen MR) is 84.4 cm³/mol. The van der Waals surface area contributed by atoms with Gasteiger partial charge in [0, 0.05) is 28.5 Å². The summed E-state index contributed by atoms with van der Waals surface area (Å²) in [4.78, 5) is 14.4. The molecule has 0 unspecified atom stereocenters. The van der Waals surface area contributed by atoms with Gasteiger partial charge in [-0.05, 0) is 49.7 Å². The van der Waals surface area contributed by atoms with Crippen molar-refractivity contribution in [1.82, 2.24) is 0 Å². The van der Waals surface area contributed by atoms with Gasteiger partial charge in [-0.2, -0.15) is 0 Å². The van der Waals surface area contributed by atoms with Crippen molar-refractivity contribution in [2.45, 2.75) is 13.8 Å². The Morgan fingerprint density at radius 2 is 1.95 bits per heavy atom. The van der Waals surface area contributed by atoms with E-state index in [-0.39, 0.29) is 5.91 Å². The van der Waals surface area contributed by atoms with Crippen molar-refractivity contribution in [3.05, 3.63) is 58.6 Å². The van der Waals surface area contributed by atoms with Crippen molar-refractivity contribution in [2.24, 2.45) is 0 Å². The summed E-state index contributed by atoms with van der Waals surface area (Å²) in [6.07, 6.45) is 0. The van der Waals surface area contributed by atoms with Crippen molar-refractivity contribution in [3.8, 4) is 0 Å². The molecular formula is C16H17ClN2O. The van der Waals surface area contributed by atoms with Gasteiger partial charge in [0.2, 0.25) is 0 Å². The molecule has 4 heteroatoms. The van der Waals surface area contributed by atoms with Crippen LogP contribution in [-0.2, 0) is 0 Å². The van der Waals surface area contributed by atoms with Gasteiger partial charge >= 0.3 is 0 Å². The number of anilines is 2.